The van der Waals surface area contributed by atoms with E-state index in [1.807, 2.05) is 0 Å². The molecule has 0 saturated heterocycles. The summed E-state index contributed by atoms with van der Waals surface area (Å²) in [6.07, 6.45) is 1.45. The largest absolute Gasteiger partial charge is 0.436 e. The molecule has 0 atom stereocenters. The second-order valence-corrected chi connectivity index (χ2v) is 3.15. The van der Waals surface area contributed by atoms with E-state index in [2.05, 4.69) is 15.3 Å². The summed E-state index contributed by atoms with van der Waals surface area (Å²) < 4.78 is 31.3. The van der Waals surface area contributed by atoms with Crippen molar-refractivity contribution in [1.82, 2.24) is 9.97 Å². The summed E-state index contributed by atoms with van der Waals surface area (Å²) in [5.41, 5.74) is 0. The lowest BCUT2D eigenvalue weighted by Gasteiger charge is -2.06. The quantitative estimate of drug-likeness (QED) is 0.891. The molecule has 2 rings (SSSR count). The maximum absolute atomic E-state index is 13.3. The van der Waals surface area contributed by atoms with Crippen LogP contribution in [0.2, 0.25) is 0 Å². The molecule has 0 saturated carbocycles. The Morgan fingerprint density at radius 1 is 1.24 bits per heavy atom. The minimum absolute atomic E-state index is 0.133. The summed E-state index contributed by atoms with van der Waals surface area (Å²) in [6, 6.07) is 4.41. The van der Waals surface area contributed by atoms with Crippen molar-refractivity contribution in [3.8, 4) is 11.6 Å². The van der Waals surface area contributed by atoms with Crippen LogP contribution in [0.25, 0.3) is 0 Å². The molecule has 0 bridgehead atoms. The molecule has 1 N–H and O–H groups in total. The van der Waals surface area contributed by atoms with E-state index in [9.17, 15) is 8.78 Å². The lowest BCUT2D eigenvalue weighted by Crippen LogP contribution is -1.98. The van der Waals surface area contributed by atoms with Crippen molar-refractivity contribution < 1.29 is 13.5 Å². The van der Waals surface area contributed by atoms with Crippen molar-refractivity contribution in [2.45, 2.75) is 0 Å². The molecule has 0 fully saturated rings. The first kappa shape index (κ1) is 11.3. The predicted octanol–water partition coefficient (Wildman–Crippen LogP) is 2.59. The van der Waals surface area contributed by atoms with Crippen molar-refractivity contribution in [1.29, 1.82) is 0 Å². The number of hydrogen-bond acceptors (Lipinski definition) is 4. The van der Waals surface area contributed by atoms with Crippen molar-refractivity contribution in [2.24, 2.45) is 0 Å². The molecule has 6 heteroatoms. The Bertz CT molecular complexity index is 534. The van der Waals surface area contributed by atoms with E-state index in [0.717, 1.165) is 18.2 Å². The highest BCUT2D eigenvalue weighted by atomic mass is 19.1. The second kappa shape index (κ2) is 4.73. The second-order valence-electron chi connectivity index (χ2n) is 3.15. The number of aromatic nitrogens is 2. The highest BCUT2D eigenvalue weighted by molar-refractivity contribution is 5.32. The zero-order chi connectivity index (χ0) is 12.3. The van der Waals surface area contributed by atoms with Gasteiger partial charge in [-0.2, -0.15) is 4.98 Å². The molecule has 4 nitrogen and oxygen atoms in total. The predicted molar refractivity (Wildman–Crippen MR) is 58.0 cm³/mol. The molecular formula is C11H9F2N3O. The molecule has 0 aliphatic heterocycles. The van der Waals surface area contributed by atoms with E-state index >= 15 is 0 Å². The molecule has 88 valence electrons. The fraction of sp³-hybridized carbons (Fsp3) is 0.0909. The number of rotatable bonds is 3. The van der Waals surface area contributed by atoms with Gasteiger partial charge in [0.05, 0.1) is 0 Å². The van der Waals surface area contributed by atoms with Crippen LogP contribution in [0.1, 0.15) is 0 Å². The molecule has 0 spiro atoms. The van der Waals surface area contributed by atoms with Crippen molar-refractivity contribution in [3.63, 3.8) is 0 Å². The lowest BCUT2D eigenvalue weighted by molar-refractivity contribution is 0.422. The monoisotopic (exact) mass is 237 g/mol. The van der Waals surface area contributed by atoms with E-state index in [0.29, 0.717) is 5.95 Å². The first-order valence-corrected chi connectivity index (χ1v) is 4.83. The molecule has 0 aliphatic rings. The molecule has 1 aromatic heterocycles. The van der Waals surface area contributed by atoms with Gasteiger partial charge in [-0.15, -0.1) is 0 Å². The first-order chi connectivity index (χ1) is 8.19. The highest BCUT2D eigenvalue weighted by Crippen LogP contribution is 2.23. The number of anilines is 1. The van der Waals surface area contributed by atoms with E-state index in [-0.39, 0.29) is 11.6 Å². The van der Waals surface area contributed by atoms with Gasteiger partial charge in [0, 0.05) is 25.4 Å². The topological polar surface area (TPSA) is 47.0 Å². The Labute approximate surface area is 96.3 Å². The van der Waals surface area contributed by atoms with Crippen LogP contribution < -0.4 is 10.1 Å². The fourth-order valence-electron chi connectivity index (χ4n) is 1.19. The summed E-state index contributed by atoms with van der Waals surface area (Å²) >= 11 is 0. The average molecular weight is 237 g/mol. The Morgan fingerprint density at radius 2 is 2.06 bits per heavy atom. The van der Waals surface area contributed by atoms with E-state index < -0.39 is 11.6 Å². The van der Waals surface area contributed by atoms with Gasteiger partial charge in [0.1, 0.15) is 5.82 Å². The third-order valence-electron chi connectivity index (χ3n) is 1.96. The van der Waals surface area contributed by atoms with Gasteiger partial charge in [-0.25, -0.2) is 13.8 Å². The van der Waals surface area contributed by atoms with Crippen LogP contribution in [-0.4, -0.2) is 17.0 Å². The Hall–Kier alpha value is -2.24. The van der Waals surface area contributed by atoms with Gasteiger partial charge in [0.15, 0.2) is 11.6 Å². The van der Waals surface area contributed by atoms with Crippen molar-refractivity contribution in [2.75, 3.05) is 12.4 Å². The average Bonchev–Trinajstić information content (AvgIpc) is 2.34. The summed E-state index contributed by atoms with van der Waals surface area (Å²) in [5, 5.41) is 2.71. The molecule has 2 aromatic rings. The van der Waals surface area contributed by atoms with Crippen LogP contribution in [0.5, 0.6) is 11.6 Å². The third kappa shape index (κ3) is 2.66. The van der Waals surface area contributed by atoms with Crippen LogP contribution >= 0.6 is 0 Å². The maximum atomic E-state index is 13.3. The smallest absolute Gasteiger partial charge is 0.225 e. The van der Waals surface area contributed by atoms with E-state index in [4.69, 9.17) is 4.74 Å². The summed E-state index contributed by atoms with van der Waals surface area (Å²) in [5.74, 6) is -0.987. The number of nitrogens with one attached hydrogen (secondary N) is 1. The summed E-state index contributed by atoms with van der Waals surface area (Å²) in [6.45, 7) is 0. The summed E-state index contributed by atoms with van der Waals surface area (Å²) in [7, 11) is 1.64. The molecule has 0 radical (unpaired) electrons. The Kier molecular flexibility index (Phi) is 3.13. The molecule has 1 aromatic carbocycles. The Morgan fingerprint density at radius 3 is 2.82 bits per heavy atom. The fourth-order valence-corrected chi connectivity index (χ4v) is 1.19. The van der Waals surface area contributed by atoms with Crippen molar-refractivity contribution >= 4 is 5.95 Å². The molecule has 17 heavy (non-hydrogen) atoms. The normalized spacial score (nSPS) is 10.1. The van der Waals surface area contributed by atoms with Crippen LogP contribution in [-0.2, 0) is 0 Å². The number of hydrogen-bond donors (Lipinski definition) is 1. The maximum Gasteiger partial charge on any atom is 0.225 e. The number of benzene rings is 1. The van der Waals surface area contributed by atoms with Gasteiger partial charge in [-0.3, -0.25) is 0 Å². The molecule has 0 amide bonds. The van der Waals surface area contributed by atoms with E-state index in [1.165, 1.54) is 12.3 Å². The van der Waals surface area contributed by atoms with Crippen LogP contribution in [0, 0.1) is 11.6 Å². The van der Waals surface area contributed by atoms with Crippen molar-refractivity contribution in [3.05, 3.63) is 42.1 Å². The minimum Gasteiger partial charge on any atom is -0.436 e. The lowest BCUT2D eigenvalue weighted by atomic mass is 10.3. The van der Waals surface area contributed by atoms with Gasteiger partial charge >= 0.3 is 0 Å². The van der Waals surface area contributed by atoms with Gasteiger partial charge in [-0.1, -0.05) is 0 Å². The molecule has 1 heterocycles. The minimum atomic E-state index is -0.656. The third-order valence-corrected chi connectivity index (χ3v) is 1.96. The zero-order valence-corrected chi connectivity index (χ0v) is 8.95. The first-order valence-electron chi connectivity index (χ1n) is 4.83. The SMILES string of the molecule is CNc1nccc(Oc2cc(F)ccc2F)n1. The van der Waals surface area contributed by atoms with Crippen LogP contribution in [0.4, 0.5) is 14.7 Å². The van der Waals surface area contributed by atoms with Gasteiger partial charge in [0.2, 0.25) is 11.8 Å². The van der Waals surface area contributed by atoms with Crippen LogP contribution in [0.15, 0.2) is 30.5 Å². The number of halogens is 2. The standard InChI is InChI=1S/C11H9F2N3O/c1-14-11-15-5-4-10(16-11)17-9-6-7(12)2-3-8(9)13/h2-6H,1H3,(H,14,15,16). The zero-order valence-electron chi connectivity index (χ0n) is 8.95. The molecule has 0 unspecified atom stereocenters. The molecule has 0 aliphatic carbocycles. The van der Waals surface area contributed by atoms with Crippen LogP contribution in [0.3, 0.4) is 0 Å². The molecular weight excluding hydrogens is 228 g/mol. The van der Waals surface area contributed by atoms with Gasteiger partial charge in [0.25, 0.3) is 0 Å². The van der Waals surface area contributed by atoms with Gasteiger partial charge in [-0.05, 0) is 12.1 Å². The summed E-state index contributed by atoms with van der Waals surface area (Å²) in [4.78, 5) is 7.79. The number of nitrogens with zero attached hydrogens (tertiary/aromatic N) is 2. The van der Waals surface area contributed by atoms with E-state index in [1.54, 1.807) is 7.05 Å². The van der Waals surface area contributed by atoms with Gasteiger partial charge < -0.3 is 10.1 Å². The highest BCUT2D eigenvalue weighted by Gasteiger charge is 2.07. The Balaban J connectivity index is 2.27. The number of ether oxygens (including phenoxy) is 1.